The van der Waals surface area contributed by atoms with E-state index in [1.165, 1.54) is 29.1 Å². The number of aromatic amines is 1. The van der Waals surface area contributed by atoms with Crippen LogP contribution in [0, 0.1) is 19.7 Å². The van der Waals surface area contributed by atoms with Gasteiger partial charge in [0.25, 0.3) is 5.91 Å². The van der Waals surface area contributed by atoms with Crippen molar-refractivity contribution in [1.29, 1.82) is 0 Å². The van der Waals surface area contributed by atoms with Crippen LogP contribution >= 0.6 is 0 Å². The highest BCUT2D eigenvalue weighted by Crippen LogP contribution is 2.20. The average Bonchev–Trinajstić information content (AvgIpc) is 3.53. The van der Waals surface area contributed by atoms with Crippen molar-refractivity contribution in [2.75, 3.05) is 19.7 Å². The van der Waals surface area contributed by atoms with E-state index in [4.69, 9.17) is 4.74 Å². The highest BCUT2D eigenvalue weighted by Gasteiger charge is 2.24. The predicted octanol–water partition coefficient (Wildman–Crippen LogP) is 3.23. The number of aromatic nitrogens is 3. The number of hydrogen-bond acceptors (Lipinski definition) is 5. The molecular weight excluding hydrogens is 415 g/mol. The fourth-order valence-corrected chi connectivity index (χ4v) is 3.83. The Morgan fingerprint density at radius 3 is 2.50 bits per heavy atom. The van der Waals surface area contributed by atoms with Gasteiger partial charge in [-0.2, -0.15) is 5.10 Å². The summed E-state index contributed by atoms with van der Waals surface area (Å²) in [5.74, 6) is -1.61. The van der Waals surface area contributed by atoms with Crippen LogP contribution in [0.4, 0.5) is 4.39 Å². The number of carbonyl (C=O) groups is 3. The SMILES string of the molecule is Cc1nn(-c2ccc(F)cc2)c(C)c1C(=O)OCC(=O)c1c[nH]c(C(=O)N2CCCC2)c1. The second kappa shape index (κ2) is 8.78. The molecule has 1 aromatic carbocycles. The highest BCUT2D eigenvalue weighted by atomic mass is 19.1. The minimum absolute atomic E-state index is 0.141. The van der Waals surface area contributed by atoms with Gasteiger partial charge in [0.05, 0.1) is 17.1 Å². The number of H-pyrrole nitrogens is 1. The van der Waals surface area contributed by atoms with Gasteiger partial charge < -0.3 is 14.6 Å². The number of Topliss-reactive ketones (excluding diaryl/α,β-unsaturated/α-hetero) is 1. The largest absolute Gasteiger partial charge is 0.454 e. The molecule has 2 aromatic heterocycles. The molecule has 1 amide bonds. The number of nitrogens with one attached hydrogen (secondary N) is 1. The first-order valence-corrected chi connectivity index (χ1v) is 10.4. The Morgan fingerprint density at radius 2 is 1.81 bits per heavy atom. The maximum atomic E-state index is 13.2. The van der Waals surface area contributed by atoms with Crippen molar-refractivity contribution < 1.29 is 23.5 Å². The number of aryl methyl sites for hydroxylation is 1. The number of nitrogens with zero attached hydrogens (tertiary/aromatic N) is 3. The summed E-state index contributed by atoms with van der Waals surface area (Å²) >= 11 is 0. The first-order chi connectivity index (χ1) is 15.3. The maximum absolute atomic E-state index is 13.2. The van der Waals surface area contributed by atoms with E-state index in [2.05, 4.69) is 10.1 Å². The van der Waals surface area contributed by atoms with Gasteiger partial charge in [0.1, 0.15) is 17.1 Å². The zero-order chi connectivity index (χ0) is 22.8. The number of benzene rings is 1. The molecule has 0 atom stereocenters. The number of likely N-dealkylation sites (tertiary alicyclic amines) is 1. The lowest BCUT2D eigenvalue weighted by molar-refractivity contribution is 0.0473. The van der Waals surface area contributed by atoms with E-state index in [-0.39, 0.29) is 22.9 Å². The van der Waals surface area contributed by atoms with Crippen LogP contribution in [-0.4, -0.2) is 57.0 Å². The van der Waals surface area contributed by atoms with Gasteiger partial charge >= 0.3 is 5.97 Å². The Kier molecular flexibility index (Phi) is 5.89. The summed E-state index contributed by atoms with van der Waals surface area (Å²) in [7, 11) is 0. The highest BCUT2D eigenvalue weighted by molar-refractivity contribution is 6.02. The topological polar surface area (TPSA) is 97.3 Å². The van der Waals surface area contributed by atoms with E-state index in [1.54, 1.807) is 30.9 Å². The summed E-state index contributed by atoms with van der Waals surface area (Å²) in [6.45, 7) is 4.32. The van der Waals surface area contributed by atoms with E-state index in [9.17, 15) is 18.8 Å². The van der Waals surface area contributed by atoms with Crippen LogP contribution in [-0.2, 0) is 4.74 Å². The van der Waals surface area contributed by atoms with E-state index in [1.807, 2.05) is 0 Å². The Labute approximate surface area is 184 Å². The third-order valence-corrected chi connectivity index (χ3v) is 5.53. The number of rotatable bonds is 6. The second-order valence-electron chi connectivity index (χ2n) is 7.73. The molecule has 1 fully saturated rings. The van der Waals surface area contributed by atoms with Crippen LogP contribution in [0.3, 0.4) is 0 Å². The maximum Gasteiger partial charge on any atom is 0.342 e. The molecule has 32 heavy (non-hydrogen) atoms. The van der Waals surface area contributed by atoms with Crippen LogP contribution in [0.5, 0.6) is 0 Å². The number of amides is 1. The van der Waals surface area contributed by atoms with Gasteiger partial charge in [0.15, 0.2) is 6.61 Å². The first kappa shape index (κ1) is 21.5. The summed E-state index contributed by atoms with van der Waals surface area (Å²) in [5, 5.41) is 4.34. The molecule has 9 heteroatoms. The standard InChI is InChI=1S/C23H23FN4O4/c1-14-21(15(2)28(26-14)18-7-5-17(24)6-8-18)23(31)32-13-20(29)16-11-19(25-12-16)22(30)27-9-3-4-10-27/h5-8,11-12,25H,3-4,9-10,13H2,1-2H3. The Balaban J connectivity index is 1.42. The molecule has 3 aromatic rings. The van der Waals surface area contributed by atoms with Gasteiger partial charge in [-0.25, -0.2) is 13.9 Å². The zero-order valence-electron chi connectivity index (χ0n) is 17.9. The van der Waals surface area contributed by atoms with Crippen molar-refractivity contribution in [3.8, 4) is 5.69 Å². The molecule has 1 aliphatic rings. The van der Waals surface area contributed by atoms with Crippen LogP contribution in [0.25, 0.3) is 5.69 Å². The van der Waals surface area contributed by atoms with E-state index in [0.29, 0.717) is 35.9 Å². The smallest absolute Gasteiger partial charge is 0.342 e. The monoisotopic (exact) mass is 438 g/mol. The molecule has 0 saturated carbocycles. The molecule has 166 valence electrons. The Morgan fingerprint density at radius 1 is 1.12 bits per heavy atom. The van der Waals surface area contributed by atoms with Gasteiger partial charge in [-0.05, 0) is 57.0 Å². The summed E-state index contributed by atoms with van der Waals surface area (Å²) in [6, 6.07) is 7.21. The van der Waals surface area contributed by atoms with Crippen molar-refractivity contribution in [2.24, 2.45) is 0 Å². The Bertz CT molecular complexity index is 1170. The molecule has 0 unspecified atom stereocenters. The summed E-state index contributed by atoms with van der Waals surface area (Å²) in [6.07, 6.45) is 3.40. The predicted molar refractivity (Wildman–Crippen MR) is 114 cm³/mol. The quantitative estimate of drug-likeness (QED) is 0.471. The van der Waals surface area contributed by atoms with E-state index in [0.717, 1.165) is 12.8 Å². The lowest BCUT2D eigenvalue weighted by atomic mass is 10.2. The summed E-state index contributed by atoms with van der Waals surface area (Å²) < 4.78 is 20.0. The lowest BCUT2D eigenvalue weighted by Gasteiger charge is -2.13. The number of carbonyl (C=O) groups excluding carboxylic acids is 3. The van der Waals surface area contributed by atoms with Crippen molar-refractivity contribution in [3.63, 3.8) is 0 Å². The summed E-state index contributed by atoms with van der Waals surface area (Å²) in [5.41, 5.74) is 2.42. The molecule has 0 bridgehead atoms. The third-order valence-electron chi connectivity index (χ3n) is 5.53. The summed E-state index contributed by atoms with van der Waals surface area (Å²) in [4.78, 5) is 42.1. The molecule has 1 saturated heterocycles. The minimum atomic E-state index is -0.675. The van der Waals surface area contributed by atoms with Crippen molar-refractivity contribution in [1.82, 2.24) is 19.7 Å². The minimum Gasteiger partial charge on any atom is -0.454 e. The number of esters is 1. The van der Waals surface area contributed by atoms with Gasteiger partial charge in [-0.15, -0.1) is 0 Å². The van der Waals surface area contributed by atoms with Gasteiger partial charge in [0, 0.05) is 24.8 Å². The normalized spacial score (nSPS) is 13.4. The fourth-order valence-electron chi connectivity index (χ4n) is 3.83. The molecule has 1 N–H and O–H groups in total. The second-order valence-corrected chi connectivity index (χ2v) is 7.73. The molecular formula is C23H23FN4O4. The molecule has 0 radical (unpaired) electrons. The third kappa shape index (κ3) is 4.18. The van der Waals surface area contributed by atoms with Crippen LogP contribution in [0.15, 0.2) is 36.5 Å². The molecule has 8 nitrogen and oxygen atoms in total. The number of hydrogen-bond donors (Lipinski definition) is 1. The molecule has 4 rings (SSSR count). The Hall–Kier alpha value is -3.75. The number of ketones is 1. The first-order valence-electron chi connectivity index (χ1n) is 10.4. The van der Waals surface area contributed by atoms with Crippen molar-refractivity contribution in [3.05, 3.63) is 70.6 Å². The average molecular weight is 438 g/mol. The molecule has 1 aliphatic heterocycles. The van der Waals surface area contributed by atoms with E-state index < -0.39 is 18.4 Å². The lowest BCUT2D eigenvalue weighted by Crippen LogP contribution is -2.27. The van der Waals surface area contributed by atoms with Gasteiger partial charge in [-0.3, -0.25) is 9.59 Å². The number of ether oxygens (including phenoxy) is 1. The number of halogens is 1. The van der Waals surface area contributed by atoms with Gasteiger partial charge in [-0.1, -0.05) is 0 Å². The van der Waals surface area contributed by atoms with Crippen molar-refractivity contribution in [2.45, 2.75) is 26.7 Å². The molecule has 3 heterocycles. The molecule has 0 spiro atoms. The van der Waals surface area contributed by atoms with Crippen molar-refractivity contribution >= 4 is 17.7 Å². The fraction of sp³-hybridized carbons (Fsp3) is 0.304. The van der Waals surface area contributed by atoms with E-state index >= 15 is 0 Å². The molecule has 0 aliphatic carbocycles. The zero-order valence-corrected chi connectivity index (χ0v) is 17.9. The van der Waals surface area contributed by atoms with Crippen LogP contribution in [0.1, 0.15) is 55.4 Å². The van der Waals surface area contributed by atoms with Crippen LogP contribution in [0.2, 0.25) is 0 Å². The van der Waals surface area contributed by atoms with Crippen LogP contribution < -0.4 is 0 Å². The van der Waals surface area contributed by atoms with Gasteiger partial charge in [0.2, 0.25) is 5.78 Å².